The molecule has 0 atom stereocenters. The van der Waals surface area contributed by atoms with E-state index in [-0.39, 0.29) is 4.90 Å². The Morgan fingerprint density at radius 3 is 2.38 bits per heavy atom. The van der Waals surface area contributed by atoms with E-state index in [0.29, 0.717) is 43.7 Å². The molecule has 3 aromatic carbocycles. The number of amides is 1. The topological polar surface area (TPSA) is 76.1 Å². The molecule has 0 radical (unpaired) electrons. The highest BCUT2D eigenvalue weighted by atomic mass is 35.5. The number of benzene rings is 3. The number of pyridine rings is 1. The third kappa shape index (κ3) is 5.30. The van der Waals surface area contributed by atoms with Crippen LogP contribution in [0.3, 0.4) is 0 Å². The summed E-state index contributed by atoms with van der Waals surface area (Å²) in [6.07, 6.45) is 2.79. The zero-order chi connectivity index (χ0) is 24.5. The van der Waals surface area contributed by atoms with Gasteiger partial charge in [0.1, 0.15) is 0 Å². The molecule has 4 aromatic rings. The van der Waals surface area contributed by atoms with Crippen molar-refractivity contribution in [3.8, 4) is 22.4 Å². The van der Waals surface area contributed by atoms with Gasteiger partial charge in [-0.1, -0.05) is 35.3 Å². The molecule has 8 heteroatoms. The predicted molar refractivity (Wildman–Crippen MR) is 137 cm³/mol. The maximum absolute atomic E-state index is 13.3. The van der Waals surface area contributed by atoms with Gasteiger partial charge in [0.25, 0.3) is 5.91 Å². The van der Waals surface area contributed by atoms with Crippen molar-refractivity contribution in [2.24, 2.45) is 0 Å². The molecule has 0 saturated heterocycles. The van der Waals surface area contributed by atoms with E-state index in [0.717, 1.165) is 11.8 Å². The molecule has 4 rings (SSSR count). The number of carbonyl (C=O) groups excluding carboxylic acids is 1. The number of aryl methyl sites for hydroxylation is 1. The molecule has 1 aromatic heterocycles. The predicted octanol–water partition coefficient (Wildman–Crippen LogP) is 6.69. The smallest absolute Gasteiger partial charge is 0.256 e. The highest BCUT2D eigenvalue weighted by molar-refractivity contribution is 7.90. The average molecular weight is 511 g/mol. The molecule has 0 aliphatic heterocycles. The molecule has 0 fully saturated rings. The van der Waals surface area contributed by atoms with Crippen LogP contribution in [0.5, 0.6) is 0 Å². The third-order valence-corrected chi connectivity index (χ3v) is 6.84. The van der Waals surface area contributed by atoms with Crippen molar-refractivity contribution in [1.29, 1.82) is 0 Å². The molecule has 0 unspecified atom stereocenters. The lowest BCUT2D eigenvalue weighted by molar-refractivity contribution is 0.102. The van der Waals surface area contributed by atoms with Crippen molar-refractivity contribution >= 4 is 44.6 Å². The second-order valence-corrected chi connectivity index (χ2v) is 10.7. The lowest BCUT2D eigenvalue weighted by Crippen LogP contribution is -2.14. The number of aromatic nitrogens is 1. The molecule has 0 aliphatic carbocycles. The minimum Gasteiger partial charge on any atom is -0.322 e. The second kappa shape index (κ2) is 9.58. The van der Waals surface area contributed by atoms with Crippen molar-refractivity contribution in [3.63, 3.8) is 0 Å². The van der Waals surface area contributed by atoms with Gasteiger partial charge in [0.15, 0.2) is 9.84 Å². The number of anilines is 1. The molecule has 172 valence electrons. The summed E-state index contributed by atoms with van der Waals surface area (Å²) in [4.78, 5) is 17.8. The number of nitrogens with one attached hydrogen (secondary N) is 1. The highest BCUT2D eigenvalue weighted by Crippen LogP contribution is 2.32. The number of hydrogen-bond acceptors (Lipinski definition) is 4. The van der Waals surface area contributed by atoms with E-state index in [2.05, 4.69) is 10.3 Å². The summed E-state index contributed by atoms with van der Waals surface area (Å²) >= 11 is 12.6. The number of carbonyl (C=O) groups is 1. The summed E-state index contributed by atoms with van der Waals surface area (Å²) in [5.41, 5.74) is 4.18. The van der Waals surface area contributed by atoms with E-state index in [1.54, 1.807) is 36.5 Å². The summed E-state index contributed by atoms with van der Waals surface area (Å²) in [7, 11) is -3.48. The van der Waals surface area contributed by atoms with Gasteiger partial charge in [-0.25, -0.2) is 8.42 Å². The summed E-state index contributed by atoms with van der Waals surface area (Å²) in [6, 6.07) is 20.4. The first kappa shape index (κ1) is 24.0. The van der Waals surface area contributed by atoms with Gasteiger partial charge in [-0.3, -0.25) is 9.78 Å². The number of nitrogens with zero attached hydrogens (tertiary/aromatic N) is 1. The van der Waals surface area contributed by atoms with Gasteiger partial charge in [0.2, 0.25) is 0 Å². The van der Waals surface area contributed by atoms with Gasteiger partial charge in [-0.2, -0.15) is 0 Å². The Morgan fingerprint density at radius 2 is 1.71 bits per heavy atom. The van der Waals surface area contributed by atoms with E-state index in [1.807, 2.05) is 31.2 Å². The van der Waals surface area contributed by atoms with Gasteiger partial charge in [-0.15, -0.1) is 0 Å². The Labute approximate surface area is 208 Å². The van der Waals surface area contributed by atoms with Crippen molar-refractivity contribution in [2.45, 2.75) is 11.8 Å². The Morgan fingerprint density at radius 1 is 0.912 bits per heavy atom. The molecule has 1 N–H and O–H groups in total. The number of sulfone groups is 1. The monoisotopic (exact) mass is 510 g/mol. The Bertz CT molecular complexity index is 1480. The van der Waals surface area contributed by atoms with E-state index in [1.165, 1.54) is 18.2 Å². The lowest BCUT2D eigenvalue weighted by atomic mass is 9.97. The molecule has 1 amide bonds. The maximum atomic E-state index is 13.3. The van der Waals surface area contributed by atoms with Crippen LogP contribution >= 0.6 is 23.2 Å². The molecule has 0 aliphatic rings. The molecule has 0 saturated carbocycles. The van der Waals surface area contributed by atoms with Gasteiger partial charge in [0.05, 0.1) is 15.6 Å². The largest absolute Gasteiger partial charge is 0.322 e. The van der Waals surface area contributed by atoms with E-state index in [9.17, 15) is 13.2 Å². The van der Waals surface area contributed by atoms with Crippen LogP contribution in [0.25, 0.3) is 22.4 Å². The second-order valence-electron chi connectivity index (χ2n) is 7.86. The van der Waals surface area contributed by atoms with Crippen LogP contribution < -0.4 is 5.32 Å². The standard InChI is InChI=1S/C26H20Cl2N2O3S/c1-16-11-17(13-18(27)12-16)22-15-20(34(2,32)33)7-8-21(22)26(31)30-19-6-9-24(28)23(14-19)25-5-3-4-10-29-25/h3-15H,1-2H3,(H,30,31). The quantitative estimate of drug-likeness (QED) is 0.324. The van der Waals surface area contributed by atoms with Crippen LogP contribution in [0.4, 0.5) is 5.69 Å². The fraction of sp³-hybridized carbons (Fsp3) is 0.0769. The highest BCUT2D eigenvalue weighted by Gasteiger charge is 2.18. The first-order valence-corrected chi connectivity index (χ1v) is 12.9. The van der Waals surface area contributed by atoms with Crippen molar-refractivity contribution < 1.29 is 13.2 Å². The van der Waals surface area contributed by atoms with Crippen LogP contribution in [0.2, 0.25) is 10.0 Å². The fourth-order valence-corrected chi connectivity index (χ4v) is 4.75. The molecule has 5 nitrogen and oxygen atoms in total. The molecule has 0 bridgehead atoms. The molecule has 1 heterocycles. The van der Waals surface area contributed by atoms with E-state index in [4.69, 9.17) is 23.2 Å². The van der Waals surface area contributed by atoms with Crippen LogP contribution in [0.1, 0.15) is 15.9 Å². The number of hydrogen-bond donors (Lipinski definition) is 1. The maximum Gasteiger partial charge on any atom is 0.256 e. The Hall–Kier alpha value is -3.19. The summed E-state index contributed by atoms with van der Waals surface area (Å²) in [5.74, 6) is -0.401. The summed E-state index contributed by atoms with van der Waals surface area (Å²) in [5, 5.41) is 3.88. The first-order valence-electron chi connectivity index (χ1n) is 10.3. The zero-order valence-electron chi connectivity index (χ0n) is 18.3. The average Bonchev–Trinajstić information content (AvgIpc) is 2.79. The molecule has 0 spiro atoms. The van der Waals surface area contributed by atoms with Crippen LogP contribution in [-0.4, -0.2) is 25.6 Å². The summed E-state index contributed by atoms with van der Waals surface area (Å²) in [6.45, 7) is 1.88. The van der Waals surface area contributed by atoms with Gasteiger partial charge < -0.3 is 5.32 Å². The Balaban J connectivity index is 1.77. The Kier molecular flexibility index (Phi) is 6.75. The molecular weight excluding hydrogens is 491 g/mol. The van der Waals surface area contributed by atoms with Crippen molar-refractivity contribution in [1.82, 2.24) is 4.98 Å². The lowest BCUT2D eigenvalue weighted by Gasteiger charge is -2.14. The van der Waals surface area contributed by atoms with E-state index >= 15 is 0 Å². The molecular formula is C26H20Cl2N2O3S. The first-order chi connectivity index (χ1) is 16.1. The van der Waals surface area contributed by atoms with Gasteiger partial charge in [0, 0.05) is 34.3 Å². The SMILES string of the molecule is Cc1cc(Cl)cc(-c2cc(S(C)(=O)=O)ccc2C(=O)Nc2ccc(Cl)c(-c3ccccn3)c2)c1. The van der Waals surface area contributed by atoms with Crippen molar-refractivity contribution in [2.75, 3.05) is 11.6 Å². The van der Waals surface area contributed by atoms with E-state index < -0.39 is 15.7 Å². The number of rotatable bonds is 5. The van der Waals surface area contributed by atoms with Gasteiger partial charge in [-0.05, 0) is 84.3 Å². The van der Waals surface area contributed by atoms with Crippen LogP contribution in [0.15, 0.2) is 83.9 Å². The minimum absolute atomic E-state index is 0.112. The van der Waals surface area contributed by atoms with Gasteiger partial charge >= 0.3 is 0 Å². The zero-order valence-corrected chi connectivity index (χ0v) is 20.7. The normalized spacial score (nSPS) is 11.3. The van der Waals surface area contributed by atoms with Crippen LogP contribution in [0, 0.1) is 6.92 Å². The fourth-order valence-electron chi connectivity index (χ4n) is 3.60. The number of halogens is 2. The van der Waals surface area contributed by atoms with Crippen LogP contribution in [-0.2, 0) is 9.84 Å². The minimum atomic E-state index is -3.48. The summed E-state index contributed by atoms with van der Waals surface area (Å²) < 4.78 is 24.4. The molecule has 34 heavy (non-hydrogen) atoms. The van der Waals surface area contributed by atoms with Crippen molar-refractivity contribution in [3.05, 3.63) is 100 Å². The third-order valence-electron chi connectivity index (χ3n) is 5.18.